The van der Waals surface area contributed by atoms with Crippen molar-refractivity contribution in [2.45, 2.75) is 6.54 Å². The number of para-hydroxylation sites is 1. The summed E-state index contributed by atoms with van der Waals surface area (Å²) >= 11 is 1.37. The maximum absolute atomic E-state index is 12.3. The molecule has 3 rings (SSSR count). The highest BCUT2D eigenvalue weighted by atomic mass is 32.1. The van der Waals surface area contributed by atoms with Gasteiger partial charge in [0.1, 0.15) is 6.54 Å². The molecule has 0 unspecified atom stereocenters. The number of fused-ring (bicyclic) bond motifs is 1. The Bertz CT molecular complexity index is 936. The molecular weight excluding hydrogens is 288 g/mol. The molecule has 0 bridgehead atoms. The number of amides is 1. The molecule has 0 saturated heterocycles. The lowest BCUT2D eigenvalue weighted by Gasteiger charge is -2.03. The number of rotatable bonds is 2. The SMILES string of the molecule is Cn1ccsc1=NC(=O)Cn1cnc2ccccc2c1=O. The average Bonchev–Trinajstić information content (AvgIpc) is 2.87. The quantitative estimate of drug-likeness (QED) is 0.707. The maximum Gasteiger partial charge on any atom is 0.268 e. The van der Waals surface area contributed by atoms with Gasteiger partial charge in [-0.3, -0.25) is 14.2 Å². The zero-order valence-corrected chi connectivity index (χ0v) is 12.1. The number of nitrogens with zero attached hydrogens (tertiary/aromatic N) is 4. The van der Waals surface area contributed by atoms with Gasteiger partial charge in [0.25, 0.3) is 11.5 Å². The third-order valence-electron chi connectivity index (χ3n) is 3.02. The van der Waals surface area contributed by atoms with Crippen LogP contribution in [0.1, 0.15) is 0 Å². The van der Waals surface area contributed by atoms with Crippen LogP contribution in [0.5, 0.6) is 0 Å². The number of hydrogen-bond acceptors (Lipinski definition) is 4. The molecule has 0 atom stereocenters. The molecule has 1 amide bonds. The third kappa shape index (κ3) is 2.68. The Kier molecular flexibility index (Phi) is 3.49. The Balaban J connectivity index is 1.96. The van der Waals surface area contributed by atoms with Crippen LogP contribution < -0.4 is 10.4 Å². The van der Waals surface area contributed by atoms with E-state index in [0.29, 0.717) is 15.7 Å². The summed E-state index contributed by atoms with van der Waals surface area (Å²) in [6.45, 7) is -0.117. The van der Waals surface area contributed by atoms with E-state index >= 15 is 0 Å². The van der Waals surface area contributed by atoms with Crippen LogP contribution in [0.15, 0.2) is 52.0 Å². The van der Waals surface area contributed by atoms with Crippen molar-refractivity contribution in [3.63, 3.8) is 0 Å². The van der Waals surface area contributed by atoms with Gasteiger partial charge in [-0.25, -0.2) is 4.98 Å². The topological polar surface area (TPSA) is 69.2 Å². The van der Waals surface area contributed by atoms with Crippen molar-refractivity contribution in [1.82, 2.24) is 14.1 Å². The van der Waals surface area contributed by atoms with Crippen LogP contribution in [0.2, 0.25) is 0 Å². The van der Waals surface area contributed by atoms with Gasteiger partial charge in [0.15, 0.2) is 4.80 Å². The number of hydrogen-bond donors (Lipinski definition) is 0. The Morgan fingerprint density at radius 1 is 1.38 bits per heavy atom. The highest BCUT2D eigenvalue weighted by Crippen LogP contribution is 2.04. The molecule has 0 aliphatic heterocycles. The fourth-order valence-electron chi connectivity index (χ4n) is 1.94. The summed E-state index contributed by atoms with van der Waals surface area (Å²) in [7, 11) is 1.81. The minimum absolute atomic E-state index is 0.117. The molecule has 0 fully saturated rings. The number of aromatic nitrogens is 3. The maximum atomic E-state index is 12.3. The molecule has 21 heavy (non-hydrogen) atoms. The second kappa shape index (κ2) is 5.45. The second-order valence-electron chi connectivity index (χ2n) is 4.50. The van der Waals surface area contributed by atoms with Gasteiger partial charge in [0.2, 0.25) is 0 Å². The van der Waals surface area contributed by atoms with Crippen molar-refractivity contribution in [3.8, 4) is 0 Å². The van der Waals surface area contributed by atoms with Crippen molar-refractivity contribution < 1.29 is 4.79 Å². The minimum Gasteiger partial charge on any atom is -0.327 e. The molecule has 106 valence electrons. The molecule has 2 aromatic heterocycles. The van der Waals surface area contributed by atoms with Crippen molar-refractivity contribution in [1.29, 1.82) is 0 Å². The van der Waals surface area contributed by atoms with Crippen LogP contribution in [0.4, 0.5) is 0 Å². The van der Waals surface area contributed by atoms with E-state index in [1.165, 1.54) is 22.2 Å². The number of benzene rings is 1. The Morgan fingerprint density at radius 2 is 2.19 bits per heavy atom. The molecule has 0 N–H and O–H groups in total. The van der Waals surface area contributed by atoms with Crippen LogP contribution in [0, 0.1) is 0 Å². The molecule has 3 aromatic rings. The zero-order valence-electron chi connectivity index (χ0n) is 11.3. The molecule has 2 heterocycles. The average molecular weight is 300 g/mol. The van der Waals surface area contributed by atoms with Gasteiger partial charge < -0.3 is 4.57 Å². The molecule has 0 aliphatic rings. The van der Waals surface area contributed by atoms with Crippen LogP contribution in [0.3, 0.4) is 0 Å². The Morgan fingerprint density at radius 3 is 2.95 bits per heavy atom. The molecule has 1 aromatic carbocycles. The van der Waals surface area contributed by atoms with Crippen molar-refractivity contribution >= 4 is 28.1 Å². The van der Waals surface area contributed by atoms with E-state index in [1.54, 1.807) is 22.8 Å². The van der Waals surface area contributed by atoms with E-state index in [4.69, 9.17) is 0 Å². The van der Waals surface area contributed by atoms with Crippen molar-refractivity contribution in [3.05, 3.63) is 57.3 Å². The second-order valence-corrected chi connectivity index (χ2v) is 5.37. The summed E-state index contributed by atoms with van der Waals surface area (Å²) in [4.78, 5) is 33.0. The minimum atomic E-state index is -0.382. The van der Waals surface area contributed by atoms with E-state index in [1.807, 2.05) is 24.7 Å². The summed E-state index contributed by atoms with van der Waals surface area (Å²) in [5, 5.41) is 2.34. The van der Waals surface area contributed by atoms with Crippen LogP contribution in [-0.2, 0) is 18.4 Å². The smallest absolute Gasteiger partial charge is 0.268 e. The first-order valence-corrected chi connectivity index (χ1v) is 7.15. The first kappa shape index (κ1) is 13.4. The van der Waals surface area contributed by atoms with Crippen LogP contribution in [-0.4, -0.2) is 20.0 Å². The summed E-state index contributed by atoms with van der Waals surface area (Å²) in [6, 6.07) is 7.05. The fraction of sp³-hybridized carbons (Fsp3) is 0.143. The van der Waals surface area contributed by atoms with Gasteiger partial charge in [-0.2, -0.15) is 4.99 Å². The monoisotopic (exact) mass is 300 g/mol. The molecule has 7 heteroatoms. The lowest BCUT2D eigenvalue weighted by Crippen LogP contribution is -2.25. The first-order chi connectivity index (χ1) is 10.1. The Hall–Kier alpha value is -2.54. The van der Waals surface area contributed by atoms with E-state index in [9.17, 15) is 9.59 Å². The van der Waals surface area contributed by atoms with Gasteiger partial charge in [-0.1, -0.05) is 12.1 Å². The van der Waals surface area contributed by atoms with Crippen molar-refractivity contribution in [2.24, 2.45) is 12.0 Å². The molecular formula is C14H12N4O2S. The molecule has 0 aliphatic carbocycles. The Labute approximate surface area is 123 Å². The van der Waals surface area contributed by atoms with Crippen LogP contribution >= 0.6 is 11.3 Å². The summed E-state index contributed by atoms with van der Waals surface area (Å²) in [5.74, 6) is -0.382. The van der Waals surface area contributed by atoms with E-state index in [2.05, 4.69) is 9.98 Å². The lowest BCUT2D eigenvalue weighted by atomic mass is 10.2. The zero-order chi connectivity index (χ0) is 14.8. The summed E-state index contributed by atoms with van der Waals surface area (Å²) in [6.07, 6.45) is 3.20. The van der Waals surface area contributed by atoms with E-state index < -0.39 is 0 Å². The highest BCUT2D eigenvalue weighted by molar-refractivity contribution is 7.07. The normalized spacial score (nSPS) is 12.0. The van der Waals surface area contributed by atoms with Crippen molar-refractivity contribution in [2.75, 3.05) is 0 Å². The van der Waals surface area contributed by atoms with Gasteiger partial charge >= 0.3 is 0 Å². The number of carbonyl (C=O) groups is 1. The predicted molar refractivity (Wildman–Crippen MR) is 79.9 cm³/mol. The predicted octanol–water partition coefficient (Wildman–Crippen LogP) is 0.924. The number of carbonyl (C=O) groups excluding carboxylic acids is 1. The number of thiazole rings is 1. The number of aryl methyl sites for hydroxylation is 1. The van der Waals surface area contributed by atoms with Gasteiger partial charge in [-0.15, -0.1) is 11.3 Å². The van der Waals surface area contributed by atoms with Gasteiger partial charge in [0.05, 0.1) is 17.2 Å². The summed E-state index contributed by atoms with van der Waals surface area (Å²) in [5.41, 5.74) is 0.382. The highest BCUT2D eigenvalue weighted by Gasteiger charge is 2.07. The first-order valence-electron chi connectivity index (χ1n) is 6.27. The molecule has 0 spiro atoms. The fourth-order valence-corrected chi connectivity index (χ4v) is 2.69. The molecule has 0 saturated carbocycles. The van der Waals surface area contributed by atoms with Crippen LogP contribution in [0.25, 0.3) is 10.9 Å². The van der Waals surface area contributed by atoms with E-state index in [0.717, 1.165) is 0 Å². The molecule has 6 nitrogen and oxygen atoms in total. The standard InChI is InChI=1S/C14H12N4O2S/c1-17-6-7-21-14(17)16-12(19)8-18-9-15-11-5-3-2-4-10(11)13(18)20/h2-7,9H,8H2,1H3. The largest absolute Gasteiger partial charge is 0.327 e. The summed E-state index contributed by atoms with van der Waals surface area (Å²) < 4.78 is 3.03. The van der Waals surface area contributed by atoms with E-state index in [-0.39, 0.29) is 18.0 Å². The van der Waals surface area contributed by atoms with Gasteiger partial charge in [0, 0.05) is 18.6 Å². The molecule has 0 radical (unpaired) electrons. The lowest BCUT2D eigenvalue weighted by molar-refractivity contribution is -0.118. The van der Waals surface area contributed by atoms with Gasteiger partial charge in [-0.05, 0) is 12.1 Å². The third-order valence-corrected chi connectivity index (χ3v) is 3.87.